The van der Waals surface area contributed by atoms with Gasteiger partial charge in [0.25, 0.3) is 0 Å². The van der Waals surface area contributed by atoms with E-state index < -0.39 is 0 Å². The van der Waals surface area contributed by atoms with E-state index in [1.807, 2.05) is 0 Å². The maximum atomic E-state index is 11.8. The Bertz CT molecular complexity index is 394. The minimum atomic E-state index is -0.318. The first-order valence-electron chi connectivity index (χ1n) is 5.95. The van der Waals surface area contributed by atoms with Gasteiger partial charge in [-0.05, 0) is 37.1 Å². The number of nitrogens with two attached hydrogens (primary N) is 1. The summed E-state index contributed by atoms with van der Waals surface area (Å²) in [4.78, 5) is 11.8. The Morgan fingerprint density at radius 1 is 1.29 bits per heavy atom. The molecule has 1 aliphatic carbocycles. The second kappa shape index (κ2) is 4.75. The number of carbonyl (C=O) groups is 1. The standard InChI is InChI=1S/C13H18N2O2/c14-13(7-1-2-8-13)9-12(17)15-10-3-5-11(16)6-4-10/h3-6,16H,1-2,7-9,14H2,(H,15,17). The number of aromatic hydroxyl groups is 1. The molecule has 1 aromatic carbocycles. The number of phenols is 1. The first kappa shape index (κ1) is 11.9. The summed E-state index contributed by atoms with van der Waals surface area (Å²) in [5, 5.41) is 11.9. The van der Waals surface area contributed by atoms with Crippen molar-refractivity contribution in [2.24, 2.45) is 5.73 Å². The van der Waals surface area contributed by atoms with Crippen molar-refractivity contribution in [1.82, 2.24) is 0 Å². The van der Waals surface area contributed by atoms with E-state index >= 15 is 0 Å². The molecule has 0 aliphatic heterocycles. The largest absolute Gasteiger partial charge is 0.508 e. The van der Waals surface area contributed by atoms with Crippen LogP contribution in [-0.4, -0.2) is 16.6 Å². The Kier molecular flexibility index (Phi) is 3.33. The van der Waals surface area contributed by atoms with E-state index in [1.165, 1.54) is 0 Å². The van der Waals surface area contributed by atoms with Gasteiger partial charge in [0, 0.05) is 17.6 Å². The van der Waals surface area contributed by atoms with Gasteiger partial charge in [-0.15, -0.1) is 0 Å². The van der Waals surface area contributed by atoms with E-state index in [0.29, 0.717) is 12.1 Å². The van der Waals surface area contributed by atoms with E-state index in [-0.39, 0.29) is 17.2 Å². The summed E-state index contributed by atoms with van der Waals surface area (Å²) in [5.74, 6) is 0.133. The van der Waals surface area contributed by atoms with Crippen LogP contribution in [0, 0.1) is 0 Å². The molecule has 1 aromatic rings. The zero-order chi connectivity index (χ0) is 12.3. The molecule has 1 aliphatic rings. The van der Waals surface area contributed by atoms with Crippen LogP contribution in [0.5, 0.6) is 5.75 Å². The van der Waals surface area contributed by atoms with Crippen LogP contribution in [-0.2, 0) is 4.79 Å². The van der Waals surface area contributed by atoms with E-state index in [4.69, 9.17) is 10.8 Å². The summed E-state index contributed by atoms with van der Waals surface area (Å²) in [5.41, 5.74) is 6.51. The average Bonchev–Trinajstić information content (AvgIpc) is 2.68. The molecular formula is C13H18N2O2. The minimum absolute atomic E-state index is 0.0555. The van der Waals surface area contributed by atoms with E-state index in [1.54, 1.807) is 24.3 Å². The molecule has 2 rings (SSSR count). The molecule has 0 bridgehead atoms. The molecule has 0 heterocycles. The van der Waals surface area contributed by atoms with Gasteiger partial charge >= 0.3 is 0 Å². The summed E-state index contributed by atoms with van der Waals surface area (Å²) in [7, 11) is 0. The number of rotatable bonds is 3. The van der Waals surface area contributed by atoms with Crippen molar-refractivity contribution in [2.75, 3.05) is 5.32 Å². The molecule has 1 saturated carbocycles. The highest BCUT2D eigenvalue weighted by Crippen LogP contribution is 2.30. The fraction of sp³-hybridized carbons (Fsp3) is 0.462. The predicted octanol–water partition coefficient (Wildman–Crippen LogP) is 1.99. The lowest BCUT2D eigenvalue weighted by atomic mass is 9.94. The Labute approximate surface area is 101 Å². The topological polar surface area (TPSA) is 75.4 Å². The van der Waals surface area contributed by atoms with E-state index in [0.717, 1.165) is 25.7 Å². The summed E-state index contributed by atoms with van der Waals surface area (Å²) in [6, 6.07) is 6.43. The summed E-state index contributed by atoms with van der Waals surface area (Å²) in [6.45, 7) is 0. The third kappa shape index (κ3) is 3.20. The van der Waals surface area contributed by atoms with Crippen LogP contribution in [0.1, 0.15) is 32.1 Å². The summed E-state index contributed by atoms with van der Waals surface area (Å²) >= 11 is 0. The molecule has 17 heavy (non-hydrogen) atoms. The fourth-order valence-electron chi connectivity index (χ4n) is 2.33. The molecule has 0 saturated heterocycles. The number of hydrogen-bond acceptors (Lipinski definition) is 3. The molecule has 4 N–H and O–H groups in total. The van der Waals surface area contributed by atoms with Crippen LogP contribution in [0.3, 0.4) is 0 Å². The van der Waals surface area contributed by atoms with Gasteiger partial charge in [-0.2, -0.15) is 0 Å². The van der Waals surface area contributed by atoms with Crippen LogP contribution >= 0.6 is 0 Å². The van der Waals surface area contributed by atoms with Crippen molar-refractivity contribution >= 4 is 11.6 Å². The molecular weight excluding hydrogens is 216 g/mol. The first-order valence-corrected chi connectivity index (χ1v) is 5.95. The van der Waals surface area contributed by atoms with Crippen LogP contribution in [0.4, 0.5) is 5.69 Å². The van der Waals surface area contributed by atoms with Gasteiger partial charge in [0.15, 0.2) is 0 Å². The SMILES string of the molecule is NC1(CC(=O)Nc2ccc(O)cc2)CCCC1. The number of amides is 1. The Morgan fingerprint density at radius 3 is 2.47 bits per heavy atom. The average molecular weight is 234 g/mol. The monoisotopic (exact) mass is 234 g/mol. The van der Waals surface area contributed by atoms with Crippen molar-refractivity contribution in [3.05, 3.63) is 24.3 Å². The Morgan fingerprint density at radius 2 is 1.88 bits per heavy atom. The lowest BCUT2D eigenvalue weighted by Crippen LogP contribution is -2.40. The van der Waals surface area contributed by atoms with Crippen molar-refractivity contribution < 1.29 is 9.90 Å². The van der Waals surface area contributed by atoms with Crippen LogP contribution < -0.4 is 11.1 Å². The number of hydrogen-bond donors (Lipinski definition) is 3. The molecule has 1 fully saturated rings. The zero-order valence-electron chi connectivity index (χ0n) is 9.78. The summed E-state index contributed by atoms with van der Waals surface area (Å²) in [6.07, 6.45) is 4.45. The third-order valence-electron chi connectivity index (χ3n) is 3.26. The molecule has 1 amide bonds. The normalized spacial score (nSPS) is 17.9. The van der Waals surface area contributed by atoms with Gasteiger partial charge in [0.1, 0.15) is 5.75 Å². The highest BCUT2D eigenvalue weighted by atomic mass is 16.3. The van der Waals surface area contributed by atoms with Gasteiger partial charge in [-0.25, -0.2) is 0 Å². The number of benzene rings is 1. The lowest BCUT2D eigenvalue weighted by Gasteiger charge is -2.22. The van der Waals surface area contributed by atoms with Crippen molar-refractivity contribution in [2.45, 2.75) is 37.6 Å². The molecule has 92 valence electrons. The quantitative estimate of drug-likeness (QED) is 0.700. The molecule has 4 heteroatoms. The third-order valence-corrected chi connectivity index (χ3v) is 3.26. The molecule has 0 spiro atoms. The highest BCUT2D eigenvalue weighted by Gasteiger charge is 2.31. The molecule has 0 unspecified atom stereocenters. The Hall–Kier alpha value is -1.55. The minimum Gasteiger partial charge on any atom is -0.508 e. The van der Waals surface area contributed by atoms with Gasteiger partial charge in [-0.3, -0.25) is 4.79 Å². The first-order chi connectivity index (χ1) is 8.07. The smallest absolute Gasteiger partial charge is 0.226 e. The number of phenolic OH excluding ortho intramolecular Hbond substituents is 1. The van der Waals surface area contributed by atoms with Gasteiger partial charge in [-0.1, -0.05) is 12.8 Å². The second-order valence-corrected chi connectivity index (χ2v) is 4.84. The van der Waals surface area contributed by atoms with Crippen LogP contribution in [0.2, 0.25) is 0 Å². The predicted molar refractivity (Wildman–Crippen MR) is 66.7 cm³/mol. The molecule has 0 atom stereocenters. The van der Waals surface area contributed by atoms with E-state index in [2.05, 4.69) is 5.32 Å². The van der Waals surface area contributed by atoms with E-state index in [9.17, 15) is 4.79 Å². The maximum absolute atomic E-state index is 11.8. The fourth-order valence-corrected chi connectivity index (χ4v) is 2.33. The second-order valence-electron chi connectivity index (χ2n) is 4.84. The maximum Gasteiger partial charge on any atom is 0.226 e. The zero-order valence-corrected chi connectivity index (χ0v) is 9.78. The van der Waals surface area contributed by atoms with Gasteiger partial charge in [0.2, 0.25) is 5.91 Å². The van der Waals surface area contributed by atoms with Crippen LogP contribution in [0.25, 0.3) is 0 Å². The van der Waals surface area contributed by atoms with Gasteiger partial charge in [0.05, 0.1) is 0 Å². The van der Waals surface area contributed by atoms with Crippen molar-refractivity contribution in [3.8, 4) is 5.75 Å². The van der Waals surface area contributed by atoms with Gasteiger partial charge < -0.3 is 16.2 Å². The lowest BCUT2D eigenvalue weighted by molar-refractivity contribution is -0.117. The molecule has 0 radical (unpaired) electrons. The number of nitrogens with one attached hydrogen (secondary N) is 1. The molecule has 0 aromatic heterocycles. The number of anilines is 1. The summed E-state index contributed by atoms with van der Waals surface area (Å²) < 4.78 is 0. The van der Waals surface area contributed by atoms with Crippen LogP contribution in [0.15, 0.2) is 24.3 Å². The highest BCUT2D eigenvalue weighted by molar-refractivity contribution is 5.91. The number of carbonyl (C=O) groups excluding carboxylic acids is 1. The Balaban J connectivity index is 1.91. The molecule has 4 nitrogen and oxygen atoms in total. The van der Waals surface area contributed by atoms with Crippen molar-refractivity contribution in [3.63, 3.8) is 0 Å². The van der Waals surface area contributed by atoms with Crippen molar-refractivity contribution in [1.29, 1.82) is 0 Å².